The van der Waals surface area contributed by atoms with Crippen molar-refractivity contribution in [2.75, 3.05) is 14.5 Å². The molecule has 2 amide bonds. The van der Waals surface area contributed by atoms with Crippen molar-refractivity contribution in [1.29, 1.82) is 0 Å². The van der Waals surface area contributed by atoms with Crippen LogP contribution in [0.1, 0.15) is 18.1 Å². The van der Waals surface area contributed by atoms with Gasteiger partial charge in [-0.05, 0) is 47.5 Å². The number of fused-ring (bicyclic) bond motifs is 2. The number of amides is 2. The number of carbonyl (C=O) groups is 3. The molecule has 0 fully saturated rings. The van der Waals surface area contributed by atoms with E-state index in [1.807, 2.05) is 0 Å². The number of carboxylic acid groups (broad SMARTS) is 1. The molecule has 2 aliphatic heterocycles. The Morgan fingerprint density at radius 1 is 0.892 bits per heavy atom. The number of sulfonamides is 1. The van der Waals surface area contributed by atoms with E-state index in [0.29, 0.717) is 22.6 Å². The summed E-state index contributed by atoms with van der Waals surface area (Å²) in [4.78, 5) is 37.9. The first-order valence-electron chi connectivity index (χ1n) is 11.5. The van der Waals surface area contributed by atoms with Crippen molar-refractivity contribution in [3.63, 3.8) is 0 Å². The fraction of sp³-hybridized carbons (Fsp3) is 0.192. The molecule has 0 saturated carbocycles. The molecule has 3 aromatic carbocycles. The van der Waals surface area contributed by atoms with Gasteiger partial charge in [-0.3, -0.25) is 18.8 Å². The van der Waals surface area contributed by atoms with Crippen molar-refractivity contribution in [3.8, 4) is 0 Å². The molecule has 11 heteroatoms. The van der Waals surface area contributed by atoms with Crippen LogP contribution in [-0.4, -0.2) is 43.8 Å². The van der Waals surface area contributed by atoms with Crippen LogP contribution in [0.5, 0.6) is 0 Å². The molecule has 3 aromatic rings. The molecule has 0 saturated heterocycles. The maximum atomic E-state index is 14.0. The molecule has 0 radical (unpaired) electrons. The Kier molecular flexibility index (Phi) is 6.08. The maximum absolute atomic E-state index is 14.0. The van der Waals surface area contributed by atoms with E-state index in [-0.39, 0.29) is 23.6 Å². The maximum Gasteiger partial charge on any atom is 0.507 e. The molecule has 0 aromatic heterocycles. The predicted octanol–water partition coefficient (Wildman–Crippen LogP) is 3.38. The highest BCUT2D eigenvalue weighted by Crippen LogP contribution is 2.40. The molecule has 2 unspecified atom stereocenters. The number of hydrogen-bond acceptors (Lipinski definition) is 6. The Morgan fingerprint density at radius 3 is 2.11 bits per heavy atom. The third-order valence-corrected chi connectivity index (χ3v) is 8.19. The third kappa shape index (κ3) is 4.38. The summed E-state index contributed by atoms with van der Waals surface area (Å²) in [7, 11) is -4.22. The van der Waals surface area contributed by atoms with Gasteiger partial charge in [0.25, 0.3) is 15.9 Å². The van der Waals surface area contributed by atoms with Crippen molar-refractivity contribution < 1.29 is 32.6 Å². The number of nitrogens with zero attached hydrogens (tertiary/aromatic N) is 2. The lowest BCUT2D eigenvalue weighted by Crippen LogP contribution is -2.52. The molecule has 2 N–H and O–H groups in total. The monoisotopic (exact) mass is 521 g/mol. The summed E-state index contributed by atoms with van der Waals surface area (Å²) in [6, 6.07) is 18.3. The first-order valence-corrected chi connectivity index (χ1v) is 12.9. The summed E-state index contributed by atoms with van der Waals surface area (Å²) in [5, 5.41) is 11.9. The minimum Gasteiger partial charge on any atom is -0.450 e. The van der Waals surface area contributed by atoms with Crippen LogP contribution in [0.15, 0.2) is 77.7 Å². The van der Waals surface area contributed by atoms with Gasteiger partial charge in [-0.25, -0.2) is 13.2 Å². The molecule has 2 heterocycles. The number of benzene rings is 3. The van der Waals surface area contributed by atoms with Gasteiger partial charge in [-0.15, -0.1) is 0 Å². The third-order valence-electron chi connectivity index (χ3n) is 6.35. The SMILES string of the molecule is CC(=O)Nc1ccc(S(=O)(=O)N2c3ccccc3CC2C(=O)N2c3ccccc3CC2OC(=O)O)cc1. The van der Waals surface area contributed by atoms with E-state index in [1.165, 1.54) is 36.1 Å². The van der Waals surface area contributed by atoms with E-state index in [1.54, 1.807) is 48.5 Å². The van der Waals surface area contributed by atoms with Crippen molar-refractivity contribution in [3.05, 3.63) is 83.9 Å². The minimum atomic E-state index is -4.22. The molecule has 2 atom stereocenters. The topological polar surface area (TPSA) is 133 Å². The quantitative estimate of drug-likeness (QED) is 0.492. The first kappa shape index (κ1) is 24.3. The zero-order valence-corrected chi connectivity index (χ0v) is 20.5. The summed E-state index contributed by atoms with van der Waals surface area (Å²) >= 11 is 0. The Bertz CT molecular complexity index is 1500. The molecule has 10 nitrogen and oxygen atoms in total. The Balaban J connectivity index is 1.56. The van der Waals surface area contributed by atoms with Gasteiger partial charge in [0.05, 0.1) is 16.3 Å². The van der Waals surface area contributed by atoms with E-state index in [4.69, 9.17) is 4.74 Å². The van der Waals surface area contributed by atoms with Crippen LogP contribution in [0.25, 0.3) is 0 Å². The Hall–Kier alpha value is -4.38. The number of nitrogens with one attached hydrogen (secondary N) is 1. The van der Waals surface area contributed by atoms with Gasteiger partial charge in [0, 0.05) is 25.5 Å². The van der Waals surface area contributed by atoms with E-state index in [0.717, 1.165) is 9.87 Å². The highest BCUT2D eigenvalue weighted by atomic mass is 32.2. The predicted molar refractivity (Wildman–Crippen MR) is 135 cm³/mol. The van der Waals surface area contributed by atoms with E-state index in [9.17, 15) is 27.9 Å². The largest absolute Gasteiger partial charge is 0.507 e. The van der Waals surface area contributed by atoms with Gasteiger partial charge in [-0.1, -0.05) is 36.4 Å². The fourth-order valence-corrected chi connectivity index (χ4v) is 6.50. The van der Waals surface area contributed by atoms with Gasteiger partial charge in [-0.2, -0.15) is 0 Å². The molecule has 190 valence electrons. The van der Waals surface area contributed by atoms with Gasteiger partial charge < -0.3 is 15.2 Å². The highest BCUT2D eigenvalue weighted by Gasteiger charge is 2.47. The second-order valence-corrected chi connectivity index (χ2v) is 10.5. The lowest BCUT2D eigenvalue weighted by molar-refractivity contribution is -0.121. The number of hydrogen-bond donors (Lipinski definition) is 2. The van der Waals surface area contributed by atoms with E-state index < -0.39 is 34.4 Å². The van der Waals surface area contributed by atoms with Crippen LogP contribution >= 0.6 is 0 Å². The fourth-order valence-electron chi connectivity index (χ4n) is 4.85. The summed E-state index contributed by atoms with van der Waals surface area (Å²) in [6.07, 6.45) is -2.39. The molecule has 0 bridgehead atoms. The van der Waals surface area contributed by atoms with E-state index in [2.05, 4.69) is 5.32 Å². The Labute approximate surface area is 213 Å². The number of ether oxygens (including phenoxy) is 1. The molecule has 0 spiro atoms. The number of rotatable bonds is 5. The molecule has 2 aliphatic rings. The molecule has 5 rings (SSSR count). The number of carbonyl (C=O) groups excluding carboxylic acids is 2. The molecule has 0 aliphatic carbocycles. The smallest absolute Gasteiger partial charge is 0.450 e. The Morgan fingerprint density at radius 2 is 1.49 bits per heavy atom. The molecule has 37 heavy (non-hydrogen) atoms. The molecular formula is C26H23N3O7S. The minimum absolute atomic E-state index is 0.0590. The van der Waals surface area contributed by atoms with Gasteiger partial charge >= 0.3 is 6.16 Å². The van der Waals surface area contributed by atoms with Crippen LogP contribution in [-0.2, 0) is 37.2 Å². The first-order chi connectivity index (χ1) is 17.7. The summed E-state index contributed by atoms with van der Waals surface area (Å²) in [5.41, 5.74) is 2.67. The van der Waals surface area contributed by atoms with E-state index >= 15 is 0 Å². The van der Waals surface area contributed by atoms with Crippen molar-refractivity contribution in [2.24, 2.45) is 0 Å². The normalized spacial score (nSPS) is 18.2. The zero-order chi connectivity index (χ0) is 26.3. The van der Waals surface area contributed by atoms with Crippen LogP contribution in [0, 0.1) is 0 Å². The second-order valence-electron chi connectivity index (χ2n) is 8.73. The van der Waals surface area contributed by atoms with Crippen LogP contribution in [0.3, 0.4) is 0 Å². The molecular weight excluding hydrogens is 498 g/mol. The van der Waals surface area contributed by atoms with Gasteiger partial charge in [0.1, 0.15) is 6.04 Å². The van der Waals surface area contributed by atoms with Crippen LogP contribution in [0.4, 0.5) is 21.9 Å². The number of anilines is 3. The average molecular weight is 522 g/mol. The van der Waals surface area contributed by atoms with Crippen LogP contribution in [0.2, 0.25) is 0 Å². The second kappa shape index (κ2) is 9.25. The lowest BCUT2D eigenvalue weighted by atomic mass is 10.1. The standard InChI is InChI=1S/C26H23N3O7S/c1-16(30)27-19-10-12-20(13-11-19)37(34,35)29-22-9-5-3-6-17(22)14-23(29)25(31)28-21-8-4-2-7-18(21)15-24(28)36-26(32)33/h2-13,23-24H,14-15H2,1H3,(H,27,30)(H,32,33). The van der Waals surface area contributed by atoms with Crippen molar-refractivity contribution in [1.82, 2.24) is 0 Å². The zero-order valence-electron chi connectivity index (χ0n) is 19.7. The van der Waals surface area contributed by atoms with Gasteiger partial charge in [0.2, 0.25) is 5.91 Å². The van der Waals surface area contributed by atoms with Gasteiger partial charge in [0.15, 0.2) is 6.23 Å². The van der Waals surface area contributed by atoms with Crippen molar-refractivity contribution in [2.45, 2.75) is 36.9 Å². The average Bonchev–Trinajstić information content (AvgIpc) is 3.42. The summed E-state index contributed by atoms with van der Waals surface area (Å²) < 4.78 is 33.9. The highest BCUT2D eigenvalue weighted by molar-refractivity contribution is 7.93. The van der Waals surface area contributed by atoms with Crippen LogP contribution < -0.4 is 14.5 Å². The number of para-hydroxylation sites is 2. The summed E-state index contributed by atoms with van der Waals surface area (Å²) in [5.74, 6) is -0.885. The lowest BCUT2D eigenvalue weighted by Gasteiger charge is -2.32. The summed E-state index contributed by atoms with van der Waals surface area (Å²) in [6.45, 7) is 1.35. The van der Waals surface area contributed by atoms with Crippen molar-refractivity contribution >= 4 is 45.1 Å².